The topological polar surface area (TPSA) is 107 Å². The lowest BCUT2D eigenvalue weighted by molar-refractivity contribution is -0.384. The van der Waals surface area contributed by atoms with E-state index in [1.165, 1.54) is 12.4 Å². The number of rotatable bonds is 4. The predicted molar refractivity (Wildman–Crippen MR) is 92.7 cm³/mol. The van der Waals surface area contributed by atoms with Crippen molar-refractivity contribution in [2.45, 2.75) is 6.54 Å². The van der Waals surface area contributed by atoms with Gasteiger partial charge in [0.25, 0.3) is 11.2 Å². The van der Waals surface area contributed by atoms with Crippen molar-refractivity contribution in [3.63, 3.8) is 0 Å². The van der Waals surface area contributed by atoms with Crippen molar-refractivity contribution < 1.29 is 14.1 Å². The van der Waals surface area contributed by atoms with Crippen LogP contribution in [-0.2, 0) is 11.3 Å². The zero-order valence-corrected chi connectivity index (χ0v) is 13.7. The Kier molecular flexibility index (Phi) is 4.63. The molecule has 8 nitrogen and oxygen atoms in total. The molecule has 10 heteroatoms. The molecule has 1 heterocycles. The molecule has 1 amide bonds. The van der Waals surface area contributed by atoms with Gasteiger partial charge in [-0.3, -0.25) is 24.3 Å². The second-order valence-corrected chi connectivity index (χ2v) is 5.74. The molecule has 0 fully saturated rings. The SMILES string of the molecule is O=C(Cn1cnc2ccc(Cl)cc2c1=O)Nc1ccc(F)cc1[N+](=O)[O-]. The zero-order chi connectivity index (χ0) is 18.8. The van der Waals surface area contributed by atoms with Crippen LogP contribution in [0.3, 0.4) is 0 Å². The maximum atomic E-state index is 13.1. The van der Waals surface area contributed by atoms with E-state index in [1.807, 2.05) is 0 Å². The molecule has 0 saturated carbocycles. The summed E-state index contributed by atoms with van der Waals surface area (Å²) in [6.07, 6.45) is 1.19. The molecule has 0 atom stereocenters. The molecule has 0 bridgehead atoms. The van der Waals surface area contributed by atoms with Crippen LogP contribution < -0.4 is 10.9 Å². The molecule has 0 aliphatic heterocycles. The minimum Gasteiger partial charge on any atom is -0.319 e. The summed E-state index contributed by atoms with van der Waals surface area (Å²) in [6.45, 7) is -0.428. The van der Waals surface area contributed by atoms with Gasteiger partial charge in [0.05, 0.1) is 28.2 Å². The first kappa shape index (κ1) is 17.5. The van der Waals surface area contributed by atoms with Gasteiger partial charge >= 0.3 is 0 Å². The molecule has 26 heavy (non-hydrogen) atoms. The lowest BCUT2D eigenvalue weighted by Gasteiger charge is -2.08. The van der Waals surface area contributed by atoms with Crippen LogP contribution >= 0.6 is 11.6 Å². The van der Waals surface area contributed by atoms with Gasteiger partial charge in [-0.1, -0.05) is 11.6 Å². The van der Waals surface area contributed by atoms with Gasteiger partial charge < -0.3 is 5.32 Å². The van der Waals surface area contributed by atoms with Crippen LogP contribution in [0.4, 0.5) is 15.8 Å². The third kappa shape index (κ3) is 3.52. The number of carbonyl (C=O) groups excluding carboxylic acids is 1. The largest absolute Gasteiger partial charge is 0.319 e. The van der Waals surface area contributed by atoms with Gasteiger partial charge in [-0.25, -0.2) is 9.37 Å². The van der Waals surface area contributed by atoms with Crippen LogP contribution in [0.2, 0.25) is 5.02 Å². The van der Waals surface area contributed by atoms with E-state index in [0.29, 0.717) is 16.6 Å². The Bertz CT molecular complexity index is 1100. The third-order valence-electron chi connectivity index (χ3n) is 3.53. The van der Waals surface area contributed by atoms with Gasteiger partial charge in [-0.15, -0.1) is 0 Å². The van der Waals surface area contributed by atoms with Gasteiger partial charge in [0.15, 0.2) is 0 Å². The molecule has 0 radical (unpaired) electrons. The Morgan fingerprint density at radius 1 is 1.31 bits per heavy atom. The highest BCUT2D eigenvalue weighted by atomic mass is 35.5. The first-order valence-corrected chi connectivity index (χ1v) is 7.61. The van der Waals surface area contributed by atoms with Crippen molar-refractivity contribution in [1.29, 1.82) is 0 Å². The number of fused-ring (bicyclic) bond motifs is 1. The van der Waals surface area contributed by atoms with Crippen LogP contribution in [0, 0.1) is 15.9 Å². The average Bonchev–Trinajstić information content (AvgIpc) is 2.59. The van der Waals surface area contributed by atoms with Crippen LogP contribution in [0.15, 0.2) is 47.5 Å². The molecule has 1 aromatic heterocycles. The van der Waals surface area contributed by atoms with Crippen LogP contribution in [0.1, 0.15) is 0 Å². The van der Waals surface area contributed by atoms with Crippen LogP contribution in [0.5, 0.6) is 0 Å². The summed E-state index contributed by atoms with van der Waals surface area (Å²) in [7, 11) is 0. The minimum absolute atomic E-state index is 0.175. The average molecular weight is 377 g/mol. The third-order valence-corrected chi connectivity index (χ3v) is 3.77. The number of nitro groups is 1. The van der Waals surface area contributed by atoms with Gasteiger partial charge in [0.1, 0.15) is 18.0 Å². The molecular weight excluding hydrogens is 367 g/mol. The van der Waals surface area contributed by atoms with Gasteiger partial charge in [0.2, 0.25) is 5.91 Å². The highest BCUT2D eigenvalue weighted by Gasteiger charge is 2.17. The number of nitrogens with zero attached hydrogens (tertiary/aromatic N) is 3. The Morgan fingerprint density at radius 2 is 2.08 bits per heavy atom. The van der Waals surface area contributed by atoms with Gasteiger partial charge in [-0.2, -0.15) is 0 Å². The molecule has 0 spiro atoms. The predicted octanol–water partition coefficient (Wildman–Crippen LogP) is 2.74. The molecule has 132 valence electrons. The molecule has 3 aromatic rings. The fraction of sp³-hybridized carbons (Fsp3) is 0.0625. The van der Waals surface area contributed by atoms with E-state index >= 15 is 0 Å². The number of anilines is 1. The first-order chi connectivity index (χ1) is 12.3. The summed E-state index contributed by atoms with van der Waals surface area (Å²) in [5.74, 6) is -1.51. The van der Waals surface area contributed by atoms with Crippen molar-refractivity contribution in [1.82, 2.24) is 9.55 Å². The fourth-order valence-corrected chi connectivity index (χ4v) is 2.52. The second kappa shape index (κ2) is 6.89. The summed E-state index contributed by atoms with van der Waals surface area (Å²) < 4.78 is 14.2. The molecule has 0 aliphatic rings. The molecule has 0 aliphatic carbocycles. The molecule has 0 unspecified atom stereocenters. The standard InChI is InChI=1S/C16H10ClFN4O4/c17-9-1-3-12-11(5-9)16(24)21(8-19-12)7-15(23)20-13-4-2-10(18)6-14(13)22(25)26/h1-6,8H,7H2,(H,20,23). The lowest BCUT2D eigenvalue weighted by atomic mass is 10.2. The summed E-state index contributed by atoms with van der Waals surface area (Å²) in [5, 5.41) is 13.8. The molecule has 2 aromatic carbocycles. The Balaban J connectivity index is 1.87. The van der Waals surface area contributed by atoms with E-state index in [2.05, 4.69) is 10.3 Å². The molecule has 3 rings (SSSR count). The molecule has 0 saturated heterocycles. The van der Waals surface area contributed by atoms with Crippen LogP contribution in [-0.4, -0.2) is 20.4 Å². The first-order valence-electron chi connectivity index (χ1n) is 7.23. The van der Waals surface area contributed by atoms with Crippen molar-refractivity contribution in [3.05, 3.63) is 74.0 Å². The number of hydrogen-bond donors (Lipinski definition) is 1. The fourth-order valence-electron chi connectivity index (χ4n) is 2.35. The number of carbonyl (C=O) groups is 1. The zero-order valence-electron chi connectivity index (χ0n) is 13.0. The lowest BCUT2D eigenvalue weighted by Crippen LogP contribution is -2.28. The summed E-state index contributed by atoms with van der Waals surface area (Å²) in [5.41, 5.74) is -0.827. The van der Waals surface area contributed by atoms with E-state index in [-0.39, 0.29) is 11.1 Å². The number of hydrogen-bond acceptors (Lipinski definition) is 5. The number of aromatic nitrogens is 2. The van der Waals surface area contributed by atoms with E-state index in [1.54, 1.807) is 12.1 Å². The number of benzene rings is 2. The smallest absolute Gasteiger partial charge is 0.295 e. The number of halogens is 2. The van der Waals surface area contributed by atoms with Crippen molar-refractivity contribution in [2.24, 2.45) is 0 Å². The second-order valence-electron chi connectivity index (χ2n) is 5.31. The van der Waals surface area contributed by atoms with E-state index in [9.17, 15) is 24.1 Å². The molecular formula is C16H10ClFN4O4. The highest BCUT2D eigenvalue weighted by Crippen LogP contribution is 2.24. The Labute approximate surface area is 150 Å². The van der Waals surface area contributed by atoms with E-state index in [0.717, 1.165) is 16.7 Å². The normalized spacial score (nSPS) is 10.7. The quantitative estimate of drug-likeness (QED) is 0.556. The summed E-state index contributed by atoms with van der Waals surface area (Å²) in [6, 6.07) is 7.35. The summed E-state index contributed by atoms with van der Waals surface area (Å²) in [4.78, 5) is 38.8. The Hall–Kier alpha value is -3.33. The molecule has 1 N–H and O–H groups in total. The minimum atomic E-state index is -0.815. The van der Waals surface area contributed by atoms with Crippen molar-refractivity contribution in [3.8, 4) is 0 Å². The summed E-state index contributed by atoms with van der Waals surface area (Å²) >= 11 is 5.87. The van der Waals surface area contributed by atoms with Gasteiger partial charge in [0, 0.05) is 5.02 Å². The van der Waals surface area contributed by atoms with Gasteiger partial charge in [-0.05, 0) is 30.3 Å². The number of nitrogens with one attached hydrogen (secondary N) is 1. The van der Waals surface area contributed by atoms with Crippen molar-refractivity contribution in [2.75, 3.05) is 5.32 Å². The highest BCUT2D eigenvalue weighted by molar-refractivity contribution is 6.31. The maximum Gasteiger partial charge on any atom is 0.295 e. The number of amides is 1. The van der Waals surface area contributed by atoms with E-state index in [4.69, 9.17) is 11.6 Å². The maximum absolute atomic E-state index is 13.1. The number of nitro benzene ring substituents is 1. The monoisotopic (exact) mass is 376 g/mol. The van der Waals surface area contributed by atoms with Crippen LogP contribution in [0.25, 0.3) is 10.9 Å². The van der Waals surface area contributed by atoms with E-state index < -0.39 is 34.4 Å². The Morgan fingerprint density at radius 3 is 2.81 bits per heavy atom. The van der Waals surface area contributed by atoms with Crippen molar-refractivity contribution >= 4 is 39.8 Å².